The molecule has 0 aliphatic heterocycles. The van der Waals surface area contributed by atoms with Crippen LogP contribution in [0.5, 0.6) is 0 Å². The molecule has 0 bridgehead atoms. The van der Waals surface area contributed by atoms with Gasteiger partial charge in [-0.15, -0.1) is 11.6 Å². The second-order valence-corrected chi connectivity index (χ2v) is 6.59. The van der Waals surface area contributed by atoms with E-state index < -0.39 is 0 Å². The second kappa shape index (κ2) is 4.20. The van der Waals surface area contributed by atoms with E-state index in [1.165, 1.54) is 5.57 Å². The van der Waals surface area contributed by atoms with Gasteiger partial charge in [0.1, 0.15) is 0 Å². The normalized spacial score (nSPS) is 28.1. The van der Waals surface area contributed by atoms with Crippen molar-refractivity contribution in [2.45, 2.75) is 38.5 Å². The molecular formula is C17H17ClN2O. The molecule has 1 aromatic carbocycles. The Balaban J connectivity index is 2.12. The predicted octanol–water partition coefficient (Wildman–Crippen LogP) is 4.39. The SMILES string of the molecule is CC[C@@]12CCC(=O)C(C)=C1c1ccc3[nH]ncc3c1[C@@H]2Cl. The van der Waals surface area contributed by atoms with Gasteiger partial charge in [0.05, 0.1) is 17.1 Å². The summed E-state index contributed by atoms with van der Waals surface area (Å²) in [6, 6.07) is 4.13. The number of fused-ring (bicyclic) bond motifs is 5. The Morgan fingerprint density at radius 2 is 2.29 bits per heavy atom. The van der Waals surface area contributed by atoms with E-state index >= 15 is 0 Å². The summed E-state index contributed by atoms with van der Waals surface area (Å²) in [7, 11) is 0. The van der Waals surface area contributed by atoms with Crippen molar-refractivity contribution in [3.63, 3.8) is 0 Å². The molecule has 4 heteroatoms. The number of carbonyl (C=O) groups is 1. The maximum atomic E-state index is 12.2. The van der Waals surface area contributed by atoms with Crippen LogP contribution >= 0.6 is 11.6 Å². The minimum atomic E-state index is -0.104. The van der Waals surface area contributed by atoms with E-state index in [2.05, 4.69) is 23.2 Å². The summed E-state index contributed by atoms with van der Waals surface area (Å²) in [6.45, 7) is 4.14. The summed E-state index contributed by atoms with van der Waals surface area (Å²) >= 11 is 6.93. The highest BCUT2D eigenvalue weighted by Gasteiger charge is 2.51. The molecule has 0 saturated heterocycles. The lowest BCUT2D eigenvalue weighted by Gasteiger charge is -2.37. The predicted molar refractivity (Wildman–Crippen MR) is 84.2 cm³/mol. The first-order valence-corrected chi connectivity index (χ1v) is 7.89. The number of aromatic amines is 1. The highest BCUT2D eigenvalue weighted by atomic mass is 35.5. The van der Waals surface area contributed by atoms with Gasteiger partial charge in [-0.2, -0.15) is 5.10 Å². The molecule has 4 rings (SSSR count). The first-order valence-electron chi connectivity index (χ1n) is 7.45. The summed E-state index contributed by atoms with van der Waals surface area (Å²) in [6.07, 6.45) is 4.25. The van der Waals surface area contributed by atoms with E-state index in [9.17, 15) is 4.79 Å². The maximum Gasteiger partial charge on any atom is 0.158 e. The molecule has 3 nitrogen and oxygen atoms in total. The number of hydrogen-bond acceptors (Lipinski definition) is 2. The Kier molecular flexibility index (Phi) is 2.62. The van der Waals surface area contributed by atoms with Gasteiger partial charge in [-0.3, -0.25) is 9.89 Å². The molecule has 0 saturated carbocycles. The average molecular weight is 301 g/mol. The number of nitrogens with one attached hydrogen (secondary N) is 1. The van der Waals surface area contributed by atoms with Crippen molar-refractivity contribution < 1.29 is 4.79 Å². The highest BCUT2D eigenvalue weighted by Crippen LogP contribution is 2.64. The molecule has 0 unspecified atom stereocenters. The second-order valence-electron chi connectivity index (χ2n) is 6.15. The minimum absolute atomic E-state index is 0.0863. The number of nitrogens with zero attached hydrogens (tertiary/aromatic N) is 1. The van der Waals surface area contributed by atoms with Crippen LogP contribution in [-0.2, 0) is 4.79 Å². The maximum absolute atomic E-state index is 12.2. The molecule has 0 fully saturated rings. The number of halogens is 1. The summed E-state index contributed by atoms with van der Waals surface area (Å²) in [4.78, 5) is 12.2. The van der Waals surface area contributed by atoms with Crippen LogP contribution in [0.2, 0.25) is 0 Å². The number of benzene rings is 1. The van der Waals surface area contributed by atoms with E-state index in [1.807, 2.05) is 19.2 Å². The van der Waals surface area contributed by atoms with Crippen LogP contribution in [0, 0.1) is 5.41 Å². The van der Waals surface area contributed by atoms with Gasteiger partial charge >= 0.3 is 0 Å². The fourth-order valence-electron chi connectivity index (χ4n) is 4.23. The first-order chi connectivity index (χ1) is 10.1. The summed E-state index contributed by atoms with van der Waals surface area (Å²) in [5, 5.41) is 8.16. The number of rotatable bonds is 1. The molecule has 1 aromatic heterocycles. The number of carbonyl (C=O) groups excluding carboxylic acids is 1. The van der Waals surface area contributed by atoms with Crippen molar-refractivity contribution >= 4 is 33.9 Å². The lowest BCUT2D eigenvalue weighted by atomic mass is 9.68. The molecule has 0 amide bonds. The van der Waals surface area contributed by atoms with E-state index in [4.69, 9.17) is 11.6 Å². The fraction of sp³-hybridized carbons (Fsp3) is 0.412. The molecule has 108 valence electrons. The molecule has 2 aliphatic rings. The number of allylic oxidation sites excluding steroid dienone is 2. The molecule has 0 radical (unpaired) electrons. The van der Waals surface area contributed by atoms with Gasteiger partial charge in [0, 0.05) is 17.2 Å². The highest BCUT2D eigenvalue weighted by molar-refractivity contribution is 6.26. The van der Waals surface area contributed by atoms with Crippen molar-refractivity contribution in [2.75, 3.05) is 0 Å². The van der Waals surface area contributed by atoms with Crippen LogP contribution in [0.3, 0.4) is 0 Å². The third-order valence-corrected chi connectivity index (χ3v) is 6.03. The van der Waals surface area contributed by atoms with Crippen LogP contribution < -0.4 is 0 Å². The Hall–Kier alpha value is -1.61. The molecule has 2 aromatic rings. The van der Waals surface area contributed by atoms with E-state index in [0.29, 0.717) is 6.42 Å². The van der Waals surface area contributed by atoms with Crippen molar-refractivity contribution in [1.29, 1.82) is 0 Å². The summed E-state index contributed by atoms with van der Waals surface area (Å²) in [5.41, 5.74) is 5.28. The largest absolute Gasteiger partial charge is 0.295 e. The Morgan fingerprint density at radius 3 is 3.05 bits per heavy atom. The van der Waals surface area contributed by atoms with Crippen LogP contribution in [0.1, 0.15) is 49.6 Å². The first kappa shape index (κ1) is 13.1. The Bertz CT molecular complexity index is 804. The van der Waals surface area contributed by atoms with E-state index in [-0.39, 0.29) is 16.6 Å². The smallest absolute Gasteiger partial charge is 0.158 e. The standard InChI is InChI=1S/C17H17ClN2O/c1-3-17-7-6-13(21)9(2)15(17)10-4-5-12-11(8-19-20-12)14(10)16(17)18/h4-5,8,16H,3,6-7H2,1-2H3,(H,19,20)/t16-,17+/m0/s1. The quantitative estimate of drug-likeness (QED) is 0.794. The van der Waals surface area contributed by atoms with Crippen molar-refractivity contribution in [2.24, 2.45) is 5.41 Å². The Morgan fingerprint density at radius 1 is 1.48 bits per heavy atom. The fourth-order valence-corrected chi connectivity index (χ4v) is 4.83. The minimum Gasteiger partial charge on any atom is -0.295 e. The molecule has 1 heterocycles. The molecule has 1 N–H and O–H groups in total. The monoisotopic (exact) mass is 300 g/mol. The van der Waals surface area contributed by atoms with Gasteiger partial charge in [0.2, 0.25) is 0 Å². The van der Waals surface area contributed by atoms with Gasteiger partial charge in [-0.1, -0.05) is 13.0 Å². The number of aromatic nitrogens is 2. The zero-order chi connectivity index (χ0) is 14.8. The van der Waals surface area contributed by atoms with Crippen LogP contribution in [-0.4, -0.2) is 16.0 Å². The van der Waals surface area contributed by atoms with Crippen molar-refractivity contribution in [3.8, 4) is 0 Å². The van der Waals surface area contributed by atoms with E-state index in [0.717, 1.165) is 40.4 Å². The van der Waals surface area contributed by atoms with E-state index in [1.54, 1.807) is 0 Å². The number of H-pyrrole nitrogens is 1. The van der Waals surface area contributed by atoms with Gasteiger partial charge in [-0.05, 0) is 48.1 Å². The average Bonchev–Trinajstić information content (AvgIpc) is 3.05. The molecular weight excluding hydrogens is 284 g/mol. The zero-order valence-electron chi connectivity index (χ0n) is 12.2. The number of Topliss-reactive ketones (excluding diaryl/α,β-unsaturated/α-hetero) is 1. The van der Waals surface area contributed by atoms with Gasteiger partial charge in [0.25, 0.3) is 0 Å². The lowest BCUT2D eigenvalue weighted by Crippen LogP contribution is -2.28. The third-order valence-electron chi connectivity index (χ3n) is 5.39. The number of ketones is 1. The molecule has 2 atom stereocenters. The molecule has 2 aliphatic carbocycles. The summed E-state index contributed by atoms with van der Waals surface area (Å²) in [5.74, 6) is 0.262. The van der Waals surface area contributed by atoms with Crippen LogP contribution in [0.15, 0.2) is 23.9 Å². The van der Waals surface area contributed by atoms with Crippen LogP contribution in [0.25, 0.3) is 16.5 Å². The lowest BCUT2D eigenvalue weighted by molar-refractivity contribution is -0.116. The number of hydrogen-bond donors (Lipinski definition) is 1. The summed E-state index contributed by atoms with van der Waals surface area (Å²) < 4.78 is 0. The molecule has 21 heavy (non-hydrogen) atoms. The van der Waals surface area contributed by atoms with Crippen LogP contribution in [0.4, 0.5) is 0 Å². The van der Waals surface area contributed by atoms with Gasteiger partial charge in [-0.25, -0.2) is 0 Å². The number of alkyl halides is 1. The zero-order valence-corrected chi connectivity index (χ0v) is 12.9. The van der Waals surface area contributed by atoms with Crippen molar-refractivity contribution in [1.82, 2.24) is 10.2 Å². The third kappa shape index (κ3) is 1.45. The van der Waals surface area contributed by atoms with Gasteiger partial charge in [0.15, 0.2) is 5.78 Å². The topological polar surface area (TPSA) is 45.8 Å². The van der Waals surface area contributed by atoms with Crippen molar-refractivity contribution in [3.05, 3.63) is 35.0 Å². The molecule has 0 spiro atoms. The Labute approximate surface area is 128 Å². The van der Waals surface area contributed by atoms with Gasteiger partial charge < -0.3 is 0 Å².